The van der Waals surface area contributed by atoms with Crippen molar-refractivity contribution >= 4 is 22.5 Å². The summed E-state index contributed by atoms with van der Waals surface area (Å²) < 4.78 is 2.11. The summed E-state index contributed by atoms with van der Waals surface area (Å²) in [6, 6.07) is 12.9. The zero-order chi connectivity index (χ0) is 11.9. The first-order valence-electron chi connectivity index (χ1n) is 5.97. The van der Waals surface area contributed by atoms with Crippen LogP contribution in [0.2, 0.25) is 0 Å². The average Bonchev–Trinajstić information content (AvgIpc) is 2.80. The Morgan fingerprint density at radius 3 is 3.06 bits per heavy atom. The third-order valence-electron chi connectivity index (χ3n) is 3.31. The minimum Gasteiger partial charge on any atom is -0.284 e. The van der Waals surface area contributed by atoms with Gasteiger partial charge in [0.25, 0.3) is 0 Å². The molecule has 0 aliphatic carbocycles. The number of rotatable bonds is 0. The van der Waals surface area contributed by atoms with Crippen LogP contribution in [-0.4, -0.2) is 20.5 Å². The number of aromatic nitrogens is 3. The zero-order valence-electron chi connectivity index (χ0n) is 9.71. The fourth-order valence-electron chi connectivity index (χ4n) is 2.45. The summed E-state index contributed by atoms with van der Waals surface area (Å²) in [5, 5.41) is 10.8. The molecule has 0 fully saturated rings. The molecule has 88 valence electrons. The van der Waals surface area contributed by atoms with Gasteiger partial charge in [0.2, 0.25) is 0 Å². The molecule has 0 unspecified atom stereocenters. The first kappa shape index (κ1) is 10.1. The van der Waals surface area contributed by atoms with E-state index in [1.165, 1.54) is 21.4 Å². The fraction of sp³-hybridized carbons (Fsp3) is 0.143. The second-order valence-corrected chi connectivity index (χ2v) is 5.46. The molecule has 1 aliphatic heterocycles. The van der Waals surface area contributed by atoms with Crippen molar-refractivity contribution in [2.45, 2.75) is 11.3 Å². The van der Waals surface area contributed by atoms with E-state index in [-0.39, 0.29) is 0 Å². The Kier molecular flexibility index (Phi) is 2.17. The van der Waals surface area contributed by atoms with Crippen molar-refractivity contribution in [3.63, 3.8) is 0 Å². The molecule has 0 radical (unpaired) electrons. The van der Waals surface area contributed by atoms with Crippen LogP contribution in [0.4, 0.5) is 0 Å². The molecule has 18 heavy (non-hydrogen) atoms. The molecule has 2 heterocycles. The minimum atomic E-state index is 0.966. The third-order valence-corrected chi connectivity index (χ3v) is 4.43. The number of fused-ring (bicyclic) bond motifs is 5. The van der Waals surface area contributed by atoms with Crippen LogP contribution in [0.15, 0.2) is 47.6 Å². The van der Waals surface area contributed by atoms with Crippen LogP contribution < -0.4 is 0 Å². The van der Waals surface area contributed by atoms with Crippen LogP contribution in [0.5, 0.6) is 0 Å². The summed E-state index contributed by atoms with van der Waals surface area (Å²) in [5.74, 6) is 2.11. The van der Waals surface area contributed by atoms with E-state index in [1.807, 2.05) is 18.1 Å². The van der Waals surface area contributed by atoms with Gasteiger partial charge in [-0.15, -0.1) is 22.0 Å². The smallest absolute Gasteiger partial charge is 0.138 e. The van der Waals surface area contributed by atoms with Gasteiger partial charge in [-0.1, -0.05) is 30.3 Å². The number of nitrogens with zero attached hydrogens (tertiary/aromatic N) is 3. The fourth-order valence-corrected chi connectivity index (χ4v) is 3.59. The highest BCUT2D eigenvalue weighted by Crippen LogP contribution is 2.36. The van der Waals surface area contributed by atoms with Gasteiger partial charge < -0.3 is 0 Å². The number of aryl methyl sites for hydroxylation is 1. The maximum absolute atomic E-state index is 4.20. The summed E-state index contributed by atoms with van der Waals surface area (Å²) >= 11 is 1.91. The lowest BCUT2D eigenvalue weighted by molar-refractivity contribution is 0.891. The van der Waals surface area contributed by atoms with E-state index >= 15 is 0 Å². The Morgan fingerprint density at radius 1 is 1.11 bits per heavy atom. The van der Waals surface area contributed by atoms with Crippen LogP contribution >= 0.6 is 11.8 Å². The molecule has 0 atom stereocenters. The number of hydrogen-bond acceptors (Lipinski definition) is 3. The lowest BCUT2D eigenvalue weighted by Gasteiger charge is -2.10. The normalized spacial score (nSPS) is 14.0. The number of benzene rings is 2. The molecule has 0 spiro atoms. The van der Waals surface area contributed by atoms with Gasteiger partial charge in [0.1, 0.15) is 12.2 Å². The van der Waals surface area contributed by atoms with E-state index in [1.54, 1.807) is 0 Å². The van der Waals surface area contributed by atoms with Gasteiger partial charge in [0, 0.05) is 17.1 Å². The third kappa shape index (κ3) is 1.39. The summed E-state index contributed by atoms with van der Waals surface area (Å²) in [6.07, 6.45) is 2.78. The predicted octanol–water partition coefficient (Wildman–Crippen LogP) is 3.07. The lowest BCUT2D eigenvalue weighted by Crippen LogP contribution is -1.99. The highest BCUT2D eigenvalue weighted by atomic mass is 32.2. The number of hydrogen-bond donors (Lipinski definition) is 0. The molecule has 4 heteroatoms. The summed E-state index contributed by atoms with van der Waals surface area (Å²) in [7, 11) is 0. The summed E-state index contributed by atoms with van der Waals surface area (Å²) in [5.41, 5.74) is 1.20. The minimum absolute atomic E-state index is 0.966. The molecule has 0 N–H and O–H groups in total. The zero-order valence-corrected chi connectivity index (χ0v) is 10.5. The van der Waals surface area contributed by atoms with Crippen molar-refractivity contribution in [2.24, 2.45) is 0 Å². The van der Waals surface area contributed by atoms with Crippen LogP contribution in [0, 0.1) is 0 Å². The van der Waals surface area contributed by atoms with E-state index in [2.05, 4.69) is 51.2 Å². The molecular weight excluding hydrogens is 242 g/mol. The van der Waals surface area contributed by atoms with Crippen LogP contribution in [0.25, 0.3) is 16.5 Å². The Labute approximate surface area is 109 Å². The monoisotopic (exact) mass is 253 g/mol. The second-order valence-electron chi connectivity index (χ2n) is 4.35. The molecule has 1 aromatic heterocycles. The Hall–Kier alpha value is -1.81. The number of thioether (sulfide) groups is 1. The molecular formula is C14H11N3S. The quantitative estimate of drug-likeness (QED) is 0.617. The van der Waals surface area contributed by atoms with Crippen LogP contribution in [0.1, 0.15) is 5.82 Å². The van der Waals surface area contributed by atoms with Gasteiger partial charge in [-0.05, 0) is 16.8 Å². The summed E-state index contributed by atoms with van der Waals surface area (Å²) in [6.45, 7) is 0. The maximum Gasteiger partial charge on any atom is 0.138 e. The Morgan fingerprint density at radius 2 is 2.06 bits per heavy atom. The molecule has 2 aromatic carbocycles. The molecule has 0 saturated carbocycles. The standard InChI is InChI=1S/C14H11N3S/c1-2-4-11-10(3-1)5-6-12-14(11)18-8-7-13-16-15-9-17(12)13/h1-6,9H,7-8H2. The molecule has 1 aliphatic rings. The van der Waals surface area contributed by atoms with Gasteiger partial charge in [0.15, 0.2) is 0 Å². The topological polar surface area (TPSA) is 30.7 Å². The van der Waals surface area contributed by atoms with Crippen molar-refractivity contribution in [3.05, 3.63) is 48.5 Å². The second kappa shape index (κ2) is 3.85. The molecule has 3 aromatic rings. The first-order valence-corrected chi connectivity index (χ1v) is 6.96. The molecule has 4 rings (SSSR count). The average molecular weight is 253 g/mol. The van der Waals surface area contributed by atoms with E-state index in [0.717, 1.165) is 18.0 Å². The van der Waals surface area contributed by atoms with Crippen LogP contribution in [-0.2, 0) is 6.42 Å². The molecule has 0 saturated heterocycles. The van der Waals surface area contributed by atoms with Crippen molar-refractivity contribution < 1.29 is 0 Å². The highest BCUT2D eigenvalue weighted by molar-refractivity contribution is 7.99. The molecule has 0 bridgehead atoms. The molecule has 3 nitrogen and oxygen atoms in total. The summed E-state index contributed by atoms with van der Waals surface area (Å²) in [4.78, 5) is 1.34. The molecule has 0 amide bonds. The van der Waals surface area contributed by atoms with Crippen molar-refractivity contribution in [1.29, 1.82) is 0 Å². The van der Waals surface area contributed by atoms with Crippen LogP contribution in [0.3, 0.4) is 0 Å². The Bertz CT molecular complexity index is 733. The van der Waals surface area contributed by atoms with Gasteiger partial charge >= 0.3 is 0 Å². The van der Waals surface area contributed by atoms with E-state index < -0.39 is 0 Å². The largest absolute Gasteiger partial charge is 0.284 e. The van der Waals surface area contributed by atoms with E-state index in [0.29, 0.717) is 0 Å². The van der Waals surface area contributed by atoms with Gasteiger partial charge in [-0.3, -0.25) is 4.57 Å². The van der Waals surface area contributed by atoms with Gasteiger partial charge in [-0.25, -0.2) is 0 Å². The van der Waals surface area contributed by atoms with Gasteiger partial charge in [-0.2, -0.15) is 0 Å². The van der Waals surface area contributed by atoms with E-state index in [4.69, 9.17) is 0 Å². The van der Waals surface area contributed by atoms with Crippen molar-refractivity contribution in [1.82, 2.24) is 14.8 Å². The highest BCUT2D eigenvalue weighted by Gasteiger charge is 2.17. The van der Waals surface area contributed by atoms with Crippen molar-refractivity contribution in [2.75, 3.05) is 5.75 Å². The Balaban J connectivity index is 2.09. The predicted molar refractivity (Wildman–Crippen MR) is 73.3 cm³/mol. The van der Waals surface area contributed by atoms with Gasteiger partial charge in [0.05, 0.1) is 5.69 Å². The lowest BCUT2D eigenvalue weighted by atomic mass is 10.1. The first-order chi connectivity index (χ1) is 8.93. The SMILES string of the molecule is c1ccc2c3c(ccc2c1)-n1cnnc1CCS3. The van der Waals surface area contributed by atoms with E-state index in [9.17, 15) is 0 Å². The maximum atomic E-state index is 4.20. The van der Waals surface area contributed by atoms with Crippen molar-refractivity contribution in [3.8, 4) is 5.69 Å².